The Kier molecular flexibility index (Phi) is 4.27. The number of nitrogens with one attached hydrogen (secondary N) is 1. The molecule has 1 nitrogen and oxygen atoms in total. The van der Waals surface area contributed by atoms with Gasteiger partial charge in [-0.3, -0.25) is 0 Å². The molecule has 1 aromatic carbocycles. The van der Waals surface area contributed by atoms with Gasteiger partial charge in [-0.1, -0.05) is 12.8 Å². The Hall–Kier alpha value is -1.03. The average Bonchev–Trinajstić information content (AvgIpc) is 2.86. The molecule has 1 N–H and O–H groups in total. The number of halogens is 3. The zero-order valence-electron chi connectivity index (χ0n) is 10.5. The smallest absolute Gasteiger partial charge is 0.194 e. The summed E-state index contributed by atoms with van der Waals surface area (Å²) in [7, 11) is 0. The van der Waals surface area contributed by atoms with Crippen LogP contribution in [0.25, 0.3) is 0 Å². The molecule has 2 rings (SSSR count). The molecule has 0 spiro atoms. The first-order valence-electron chi connectivity index (χ1n) is 6.44. The second-order valence-electron chi connectivity index (χ2n) is 5.09. The molecule has 4 heteroatoms. The lowest BCUT2D eigenvalue weighted by molar-refractivity contribution is 0.378. The minimum Gasteiger partial charge on any atom is -0.310 e. The lowest BCUT2D eigenvalue weighted by atomic mass is 9.99. The van der Waals surface area contributed by atoms with Gasteiger partial charge in [0.15, 0.2) is 17.5 Å². The normalized spacial score (nSPS) is 18.2. The second-order valence-corrected chi connectivity index (χ2v) is 5.09. The molecule has 0 aromatic heterocycles. The Labute approximate surface area is 105 Å². The summed E-state index contributed by atoms with van der Waals surface area (Å²) in [5, 5.41) is 3.26. The van der Waals surface area contributed by atoms with E-state index < -0.39 is 17.5 Å². The Balaban J connectivity index is 1.93. The van der Waals surface area contributed by atoms with Crippen LogP contribution in [0.3, 0.4) is 0 Å². The van der Waals surface area contributed by atoms with Gasteiger partial charge in [0.05, 0.1) is 0 Å². The Morgan fingerprint density at radius 3 is 2.28 bits per heavy atom. The minimum atomic E-state index is -1.40. The zero-order valence-corrected chi connectivity index (χ0v) is 10.5. The molecule has 1 aromatic rings. The van der Waals surface area contributed by atoms with Gasteiger partial charge in [0.2, 0.25) is 0 Å². The second kappa shape index (κ2) is 5.74. The van der Waals surface area contributed by atoms with Gasteiger partial charge in [0.1, 0.15) is 0 Å². The largest absolute Gasteiger partial charge is 0.310 e. The van der Waals surface area contributed by atoms with Gasteiger partial charge >= 0.3 is 0 Å². The fraction of sp³-hybridized carbons (Fsp3) is 0.571. The highest BCUT2D eigenvalue weighted by atomic mass is 19.2. The predicted molar refractivity (Wildman–Crippen MR) is 64.6 cm³/mol. The first-order chi connectivity index (χ1) is 8.58. The van der Waals surface area contributed by atoms with Crippen molar-refractivity contribution in [3.63, 3.8) is 0 Å². The maximum Gasteiger partial charge on any atom is 0.194 e. The van der Waals surface area contributed by atoms with Crippen LogP contribution in [0, 0.1) is 23.4 Å². The topological polar surface area (TPSA) is 12.0 Å². The third-order valence-electron chi connectivity index (χ3n) is 3.78. The molecule has 0 bridgehead atoms. The van der Waals surface area contributed by atoms with E-state index in [0.717, 1.165) is 12.1 Å². The molecule has 18 heavy (non-hydrogen) atoms. The van der Waals surface area contributed by atoms with E-state index >= 15 is 0 Å². The maximum atomic E-state index is 13.0. The molecule has 1 fully saturated rings. The van der Waals surface area contributed by atoms with Crippen molar-refractivity contribution < 1.29 is 13.2 Å². The van der Waals surface area contributed by atoms with Crippen LogP contribution < -0.4 is 5.32 Å². The monoisotopic (exact) mass is 257 g/mol. The van der Waals surface area contributed by atoms with E-state index in [9.17, 15) is 13.2 Å². The van der Waals surface area contributed by atoms with Gasteiger partial charge in [-0.05, 0) is 43.4 Å². The van der Waals surface area contributed by atoms with E-state index in [1.807, 2.05) is 0 Å². The van der Waals surface area contributed by atoms with Crippen molar-refractivity contribution in [1.29, 1.82) is 0 Å². The standard InChI is InChI=1S/C14H18F3N/c1-9(11-4-2-3-5-11)18-8-10-6-12(15)14(17)13(16)7-10/h6-7,9,11,18H,2-5,8H2,1H3/t9-/m1/s1. The molecule has 0 heterocycles. The summed E-state index contributed by atoms with van der Waals surface area (Å²) in [6.45, 7) is 2.46. The molecule has 1 atom stereocenters. The van der Waals surface area contributed by atoms with Crippen LogP contribution in [0.5, 0.6) is 0 Å². The summed E-state index contributed by atoms with van der Waals surface area (Å²) in [4.78, 5) is 0. The molecule has 0 unspecified atom stereocenters. The quantitative estimate of drug-likeness (QED) is 0.810. The van der Waals surface area contributed by atoms with Crippen molar-refractivity contribution in [2.24, 2.45) is 5.92 Å². The lowest BCUT2D eigenvalue weighted by Crippen LogP contribution is -2.31. The minimum absolute atomic E-state index is 0.323. The first-order valence-corrected chi connectivity index (χ1v) is 6.44. The maximum absolute atomic E-state index is 13.0. The fourth-order valence-electron chi connectivity index (χ4n) is 2.61. The summed E-state index contributed by atoms with van der Waals surface area (Å²) in [6.07, 6.45) is 4.94. The van der Waals surface area contributed by atoms with Crippen molar-refractivity contribution >= 4 is 0 Å². The van der Waals surface area contributed by atoms with E-state index in [1.165, 1.54) is 25.7 Å². The van der Waals surface area contributed by atoms with Crippen molar-refractivity contribution in [2.75, 3.05) is 0 Å². The van der Waals surface area contributed by atoms with Gasteiger partial charge in [-0.15, -0.1) is 0 Å². The summed E-state index contributed by atoms with van der Waals surface area (Å²) in [6, 6.07) is 2.42. The molecular weight excluding hydrogens is 239 g/mol. The third kappa shape index (κ3) is 3.05. The van der Waals surface area contributed by atoms with Gasteiger partial charge in [0.25, 0.3) is 0 Å². The Morgan fingerprint density at radius 1 is 1.17 bits per heavy atom. The number of benzene rings is 1. The first kappa shape index (κ1) is 13.4. The fourth-order valence-corrected chi connectivity index (χ4v) is 2.61. The highest BCUT2D eigenvalue weighted by Crippen LogP contribution is 2.27. The van der Waals surface area contributed by atoms with Crippen LogP contribution in [-0.2, 0) is 6.54 Å². The number of hydrogen-bond donors (Lipinski definition) is 1. The summed E-state index contributed by atoms with van der Waals surface area (Å²) >= 11 is 0. The molecular formula is C14H18F3N. The van der Waals surface area contributed by atoms with Crippen molar-refractivity contribution in [2.45, 2.75) is 45.2 Å². The average molecular weight is 257 g/mol. The molecule has 100 valence electrons. The molecule has 0 radical (unpaired) electrons. The molecule has 1 aliphatic rings. The van der Waals surface area contributed by atoms with Crippen LogP contribution in [0.4, 0.5) is 13.2 Å². The van der Waals surface area contributed by atoms with Crippen molar-refractivity contribution in [3.8, 4) is 0 Å². The van der Waals surface area contributed by atoms with Gasteiger partial charge < -0.3 is 5.32 Å². The molecule has 1 aliphatic carbocycles. The molecule has 1 saturated carbocycles. The van der Waals surface area contributed by atoms with Gasteiger partial charge in [-0.25, -0.2) is 13.2 Å². The molecule has 0 saturated heterocycles. The highest BCUT2D eigenvalue weighted by molar-refractivity contribution is 5.19. The molecule has 0 amide bonds. The SMILES string of the molecule is C[C@@H](NCc1cc(F)c(F)c(F)c1)C1CCCC1. The van der Waals surface area contributed by atoms with E-state index in [2.05, 4.69) is 12.2 Å². The van der Waals surface area contributed by atoms with E-state index in [0.29, 0.717) is 24.1 Å². The summed E-state index contributed by atoms with van der Waals surface area (Å²) in [5.74, 6) is -3.01. The molecule has 0 aliphatic heterocycles. The summed E-state index contributed by atoms with van der Waals surface area (Å²) < 4.78 is 38.8. The predicted octanol–water partition coefficient (Wildman–Crippen LogP) is 3.77. The van der Waals surface area contributed by atoms with Gasteiger partial charge in [-0.2, -0.15) is 0 Å². The van der Waals surface area contributed by atoms with E-state index in [4.69, 9.17) is 0 Å². The Morgan fingerprint density at radius 2 is 1.72 bits per heavy atom. The van der Waals surface area contributed by atoms with E-state index in [-0.39, 0.29) is 0 Å². The van der Waals surface area contributed by atoms with Crippen LogP contribution >= 0.6 is 0 Å². The van der Waals surface area contributed by atoms with Gasteiger partial charge in [0, 0.05) is 12.6 Å². The van der Waals surface area contributed by atoms with Crippen molar-refractivity contribution in [3.05, 3.63) is 35.1 Å². The van der Waals surface area contributed by atoms with Crippen LogP contribution in [0.2, 0.25) is 0 Å². The van der Waals surface area contributed by atoms with E-state index in [1.54, 1.807) is 0 Å². The third-order valence-corrected chi connectivity index (χ3v) is 3.78. The zero-order chi connectivity index (χ0) is 13.1. The van der Waals surface area contributed by atoms with Crippen LogP contribution in [0.15, 0.2) is 12.1 Å². The summed E-state index contributed by atoms with van der Waals surface area (Å²) in [5.41, 5.74) is 0.441. The lowest BCUT2D eigenvalue weighted by Gasteiger charge is -2.20. The van der Waals surface area contributed by atoms with Crippen LogP contribution in [0.1, 0.15) is 38.2 Å². The number of rotatable bonds is 4. The van der Waals surface area contributed by atoms with Crippen molar-refractivity contribution in [1.82, 2.24) is 5.32 Å². The number of hydrogen-bond acceptors (Lipinski definition) is 1. The Bertz CT molecular complexity index is 390. The highest BCUT2D eigenvalue weighted by Gasteiger charge is 2.21. The van der Waals surface area contributed by atoms with Crippen LogP contribution in [-0.4, -0.2) is 6.04 Å².